The van der Waals surface area contributed by atoms with Crippen LogP contribution < -0.4 is 4.90 Å². The van der Waals surface area contributed by atoms with Crippen molar-refractivity contribution in [2.24, 2.45) is 0 Å². The van der Waals surface area contributed by atoms with Crippen molar-refractivity contribution < 1.29 is 4.79 Å². The molecule has 8 heteroatoms. The highest BCUT2D eigenvalue weighted by Crippen LogP contribution is 2.34. The molecule has 3 aromatic rings. The van der Waals surface area contributed by atoms with Crippen LogP contribution in [0.3, 0.4) is 0 Å². The summed E-state index contributed by atoms with van der Waals surface area (Å²) in [6, 6.07) is 9.72. The molecule has 0 spiro atoms. The molecule has 0 aliphatic carbocycles. The highest BCUT2D eigenvalue weighted by molar-refractivity contribution is 6.30. The Morgan fingerprint density at radius 3 is 2.69 bits per heavy atom. The number of piperidine rings is 1. The Hall–Kier alpha value is -2.93. The van der Waals surface area contributed by atoms with Gasteiger partial charge in [0.05, 0.1) is 5.69 Å². The molecular formula is C24H29ClN6O. The minimum absolute atomic E-state index is 0.159. The molecule has 0 saturated carbocycles. The van der Waals surface area contributed by atoms with E-state index in [1.807, 2.05) is 72.0 Å². The van der Waals surface area contributed by atoms with Gasteiger partial charge in [-0.05, 0) is 43.5 Å². The molecule has 3 heterocycles. The second-order valence-electron chi connectivity index (χ2n) is 8.49. The maximum absolute atomic E-state index is 13.0. The molecule has 32 heavy (non-hydrogen) atoms. The zero-order valence-electron chi connectivity index (χ0n) is 18.8. The number of likely N-dealkylation sites (tertiary alicyclic amines) is 1. The number of carbonyl (C=O) groups is 1. The summed E-state index contributed by atoms with van der Waals surface area (Å²) in [5.41, 5.74) is 4.09. The summed E-state index contributed by atoms with van der Waals surface area (Å²) in [5, 5.41) is 4.99. The smallest absolute Gasteiger partial charge is 0.225 e. The Labute approximate surface area is 194 Å². The van der Waals surface area contributed by atoms with Crippen LogP contribution >= 0.6 is 11.6 Å². The Bertz CT molecular complexity index is 1080. The number of hydrogen-bond acceptors (Lipinski definition) is 5. The van der Waals surface area contributed by atoms with Crippen molar-refractivity contribution in [3.8, 4) is 11.1 Å². The third kappa shape index (κ3) is 4.93. The van der Waals surface area contributed by atoms with Crippen LogP contribution in [0.15, 0.2) is 42.7 Å². The van der Waals surface area contributed by atoms with Gasteiger partial charge in [0.15, 0.2) is 0 Å². The topological polar surface area (TPSA) is 67.2 Å². The summed E-state index contributed by atoms with van der Waals surface area (Å²) < 4.78 is 1.88. The fraction of sp³-hybridized carbons (Fsp3) is 0.417. The first-order chi connectivity index (χ1) is 15.4. The number of carbonyl (C=O) groups excluding carboxylic acids is 1. The lowest BCUT2D eigenvalue weighted by atomic mass is 9.89. The quantitative estimate of drug-likeness (QED) is 0.561. The van der Waals surface area contributed by atoms with Crippen LogP contribution in [0.5, 0.6) is 0 Å². The van der Waals surface area contributed by atoms with Crippen LogP contribution in [-0.2, 0) is 11.3 Å². The molecule has 1 amide bonds. The fourth-order valence-electron chi connectivity index (χ4n) is 4.18. The summed E-state index contributed by atoms with van der Waals surface area (Å²) >= 11 is 6.10. The first kappa shape index (κ1) is 22.3. The molecule has 1 saturated heterocycles. The van der Waals surface area contributed by atoms with Crippen LogP contribution in [0.4, 0.5) is 5.95 Å². The molecule has 0 radical (unpaired) electrons. The van der Waals surface area contributed by atoms with Gasteiger partial charge in [0, 0.05) is 74.7 Å². The molecule has 1 aliphatic heterocycles. The Balaban J connectivity index is 1.56. The molecule has 0 N–H and O–H groups in total. The van der Waals surface area contributed by atoms with Gasteiger partial charge in [-0.25, -0.2) is 9.97 Å². The molecule has 1 aliphatic rings. The lowest BCUT2D eigenvalue weighted by Crippen LogP contribution is -2.40. The highest BCUT2D eigenvalue weighted by atomic mass is 35.5. The Morgan fingerprint density at radius 1 is 1.22 bits per heavy atom. The zero-order valence-corrected chi connectivity index (χ0v) is 19.6. The maximum atomic E-state index is 13.0. The summed E-state index contributed by atoms with van der Waals surface area (Å²) in [4.78, 5) is 26.3. The third-order valence-corrected chi connectivity index (χ3v) is 6.24. The number of rotatable bonds is 6. The first-order valence-corrected chi connectivity index (χ1v) is 11.4. The maximum Gasteiger partial charge on any atom is 0.225 e. The standard InChI is InChI=1S/C24H29ClN6O/c1-17-10-12-27-31(17)14-11-22(32)30-13-4-5-19(16-30)23-21(15-26-24(28-23)29(2)3)18-6-8-20(25)9-7-18/h6-10,12,15,19H,4-5,11,13-14,16H2,1-3H3. The van der Waals surface area contributed by atoms with Gasteiger partial charge in [0.2, 0.25) is 11.9 Å². The molecule has 1 fully saturated rings. The molecule has 1 unspecified atom stereocenters. The lowest BCUT2D eigenvalue weighted by molar-refractivity contribution is -0.132. The SMILES string of the molecule is Cc1ccnn1CCC(=O)N1CCCC(c2nc(N(C)C)ncc2-c2ccc(Cl)cc2)C1. The number of anilines is 1. The molecule has 168 valence electrons. The Morgan fingerprint density at radius 2 is 2.00 bits per heavy atom. The largest absolute Gasteiger partial charge is 0.347 e. The monoisotopic (exact) mass is 452 g/mol. The highest BCUT2D eigenvalue weighted by Gasteiger charge is 2.28. The van der Waals surface area contributed by atoms with Gasteiger partial charge in [-0.2, -0.15) is 5.10 Å². The van der Waals surface area contributed by atoms with Crippen LogP contribution in [0.1, 0.15) is 36.6 Å². The molecule has 4 rings (SSSR count). The van der Waals surface area contributed by atoms with E-state index in [-0.39, 0.29) is 11.8 Å². The van der Waals surface area contributed by atoms with E-state index >= 15 is 0 Å². The van der Waals surface area contributed by atoms with Crippen molar-refractivity contribution in [1.82, 2.24) is 24.6 Å². The summed E-state index contributed by atoms with van der Waals surface area (Å²) in [5.74, 6) is 1.00. The van der Waals surface area contributed by atoms with E-state index in [1.54, 1.807) is 6.20 Å². The van der Waals surface area contributed by atoms with Gasteiger partial charge in [0.25, 0.3) is 0 Å². The van der Waals surface area contributed by atoms with Gasteiger partial charge >= 0.3 is 0 Å². The van der Waals surface area contributed by atoms with E-state index in [1.165, 1.54) is 0 Å². The van der Waals surface area contributed by atoms with Gasteiger partial charge in [-0.1, -0.05) is 23.7 Å². The minimum Gasteiger partial charge on any atom is -0.347 e. The average Bonchev–Trinajstić information content (AvgIpc) is 3.22. The molecule has 7 nitrogen and oxygen atoms in total. The summed E-state index contributed by atoms with van der Waals surface area (Å²) in [6.07, 6.45) is 6.06. The number of aromatic nitrogens is 4. The second kappa shape index (κ2) is 9.69. The van der Waals surface area contributed by atoms with Crippen LogP contribution in [-0.4, -0.2) is 57.7 Å². The predicted octanol–water partition coefficient (Wildman–Crippen LogP) is 4.16. The van der Waals surface area contributed by atoms with E-state index in [9.17, 15) is 4.79 Å². The van der Waals surface area contributed by atoms with Crippen LogP contribution in [0.2, 0.25) is 5.02 Å². The van der Waals surface area contributed by atoms with Gasteiger partial charge in [-0.3, -0.25) is 9.48 Å². The molecular weight excluding hydrogens is 424 g/mol. The van der Waals surface area contributed by atoms with Gasteiger partial charge in [-0.15, -0.1) is 0 Å². The van der Waals surface area contributed by atoms with Crippen LogP contribution in [0, 0.1) is 6.92 Å². The number of benzene rings is 1. The predicted molar refractivity (Wildman–Crippen MR) is 127 cm³/mol. The van der Waals surface area contributed by atoms with Crippen molar-refractivity contribution in [1.29, 1.82) is 0 Å². The van der Waals surface area contributed by atoms with Crippen molar-refractivity contribution in [2.75, 3.05) is 32.1 Å². The van der Waals surface area contributed by atoms with Crippen molar-refractivity contribution >= 4 is 23.5 Å². The van der Waals surface area contributed by atoms with Crippen molar-refractivity contribution in [2.45, 2.75) is 38.6 Å². The Kier molecular flexibility index (Phi) is 6.74. The lowest BCUT2D eigenvalue weighted by Gasteiger charge is -2.33. The summed E-state index contributed by atoms with van der Waals surface area (Å²) in [6.45, 7) is 4.06. The average molecular weight is 453 g/mol. The van der Waals surface area contributed by atoms with E-state index in [0.717, 1.165) is 41.9 Å². The number of nitrogens with zero attached hydrogens (tertiary/aromatic N) is 6. The minimum atomic E-state index is 0.159. The number of aryl methyl sites for hydroxylation is 2. The summed E-state index contributed by atoms with van der Waals surface area (Å²) in [7, 11) is 3.88. The number of amides is 1. The fourth-order valence-corrected chi connectivity index (χ4v) is 4.31. The van der Waals surface area contributed by atoms with Crippen molar-refractivity contribution in [3.63, 3.8) is 0 Å². The van der Waals surface area contributed by atoms with Crippen LogP contribution in [0.25, 0.3) is 11.1 Å². The van der Waals surface area contributed by atoms with E-state index in [4.69, 9.17) is 16.6 Å². The third-order valence-electron chi connectivity index (χ3n) is 5.99. The normalized spacial score (nSPS) is 16.2. The zero-order chi connectivity index (χ0) is 22.7. The molecule has 2 aromatic heterocycles. The van der Waals surface area contributed by atoms with Gasteiger partial charge in [0.1, 0.15) is 0 Å². The van der Waals surface area contributed by atoms with Gasteiger partial charge < -0.3 is 9.80 Å². The molecule has 0 bridgehead atoms. The van der Waals surface area contributed by atoms with Crippen molar-refractivity contribution in [3.05, 3.63) is 59.1 Å². The number of hydrogen-bond donors (Lipinski definition) is 0. The first-order valence-electron chi connectivity index (χ1n) is 11.0. The molecule has 1 atom stereocenters. The number of halogens is 1. The molecule has 1 aromatic carbocycles. The van der Waals surface area contributed by atoms with E-state index in [2.05, 4.69) is 10.1 Å². The van der Waals surface area contributed by atoms with E-state index in [0.29, 0.717) is 30.5 Å². The second-order valence-corrected chi connectivity index (χ2v) is 8.93. The van der Waals surface area contributed by atoms with E-state index < -0.39 is 0 Å².